The number of carbonyl (C=O) groups is 1. The maximum absolute atomic E-state index is 12.2. The van der Waals surface area contributed by atoms with Gasteiger partial charge in [-0.1, -0.05) is 6.07 Å². The molecule has 1 aromatic rings. The summed E-state index contributed by atoms with van der Waals surface area (Å²) in [6, 6.07) is 6.11. The number of likely N-dealkylation sites (N-methyl/N-ethyl adjacent to an activating group) is 1. The highest BCUT2D eigenvalue weighted by atomic mass is 16.5. The van der Waals surface area contributed by atoms with Crippen molar-refractivity contribution < 1.29 is 9.53 Å². The van der Waals surface area contributed by atoms with Crippen molar-refractivity contribution in [3.63, 3.8) is 0 Å². The number of nitrogens with zero attached hydrogens (tertiary/aromatic N) is 1. The molecule has 1 aliphatic rings. The molecule has 20 heavy (non-hydrogen) atoms. The Labute approximate surface area is 120 Å². The van der Waals surface area contributed by atoms with Gasteiger partial charge in [0.25, 0.3) is 5.91 Å². The van der Waals surface area contributed by atoms with Gasteiger partial charge in [0.15, 0.2) is 6.10 Å². The van der Waals surface area contributed by atoms with Crippen LogP contribution in [0.2, 0.25) is 0 Å². The Hall–Kier alpha value is -1.55. The second-order valence-electron chi connectivity index (χ2n) is 5.28. The van der Waals surface area contributed by atoms with E-state index in [9.17, 15) is 4.79 Å². The van der Waals surface area contributed by atoms with Crippen LogP contribution in [-0.4, -0.2) is 30.0 Å². The molecule has 110 valence electrons. The van der Waals surface area contributed by atoms with Crippen molar-refractivity contribution >= 4 is 5.91 Å². The number of amides is 1. The molecule has 0 bridgehead atoms. The van der Waals surface area contributed by atoms with Crippen LogP contribution < -0.4 is 10.5 Å². The maximum Gasteiger partial charge on any atom is 0.263 e. The molecule has 1 aliphatic carbocycles. The molecule has 2 unspecified atom stereocenters. The minimum absolute atomic E-state index is 0.0344. The molecule has 0 saturated heterocycles. The highest BCUT2D eigenvalue weighted by molar-refractivity contribution is 5.80. The van der Waals surface area contributed by atoms with Crippen molar-refractivity contribution in [1.82, 2.24) is 4.90 Å². The molecule has 0 aromatic heterocycles. The zero-order valence-electron chi connectivity index (χ0n) is 12.6. The molecule has 2 N–H and O–H groups in total. The van der Waals surface area contributed by atoms with Crippen LogP contribution in [0.15, 0.2) is 18.2 Å². The van der Waals surface area contributed by atoms with E-state index in [-0.39, 0.29) is 11.9 Å². The van der Waals surface area contributed by atoms with E-state index in [1.807, 2.05) is 32.0 Å². The molecule has 0 heterocycles. The molecule has 0 fully saturated rings. The van der Waals surface area contributed by atoms with Crippen molar-refractivity contribution in [2.75, 3.05) is 13.1 Å². The van der Waals surface area contributed by atoms with Crippen molar-refractivity contribution in [3.8, 4) is 5.75 Å². The van der Waals surface area contributed by atoms with Crippen molar-refractivity contribution in [1.29, 1.82) is 0 Å². The van der Waals surface area contributed by atoms with Gasteiger partial charge in [0, 0.05) is 19.1 Å². The van der Waals surface area contributed by atoms with Gasteiger partial charge in [-0.25, -0.2) is 0 Å². The first-order chi connectivity index (χ1) is 9.56. The first-order valence-electron chi connectivity index (χ1n) is 7.40. The molecule has 1 amide bonds. The van der Waals surface area contributed by atoms with Gasteiger partial charge in [-0.3, -0.25) is 4.79 Å². The number of benzene rings is 1. The van der Waals surface area contributed by atoms with Crippen molar-refractivity contribution in [3.05, 3.63) is 29.3 Å². The van der Waals surface area contributed by atoms with Gasteiger partial charge >= 0.3 is 0 Å². The van der Waals surface area contributed by atoms with Crippen LogP contribution >= 0.6 is 0 Å². The average Bonchev–Trinajstić information content (AvgIpc) is 2.81. The third-order valence-corrected chi connectivity index (χ3v) is 3.97. The van der Waals surface area contributed by atoms with Crippen LogP contribution in [0.4, 0.5) is 0 Å². The molecule has 4 nitrogen and oxygen atoms in total. The number of aryl methyl sites for hydroxylation is 1. The lowest BCUT2D eigenvalue weighted by atomic mass is 10.1. The fourth-order valence-corrected chi connectivity index (χ4v) is 2.75. The van der Waals surface area contributed by atoms with E-state index in [2.05, 4.69) is 0 Å². The molecule has 2 rings (SSSR count). The summed E-state index contributed by atoms with van der Waals surface area (Å²) < 4.78 is 5.79. The van der Waals surface area contributed by atoms with E-state index in [4.69, 9.17) is 10.5 Å². The molecule has 2 atom stereocenters. The zero-order chi connectivity index (χ0) is 14.7. The van der Waals surface area contributed by atoms with Gasteiger partial charge < -0.3 is 15.4 Å². The molecular formula is C16H24N2O2. The van der Waals surface area contributed by atoms with Crippen LogP contribution in [0.1, 0.15) is 44.4 Å². The largest absolute Gasteiger partial charge is 0.481 e. The third-order valence-electron chi connectivity index (χ3n) is 3.97. The zero-order valence-corrected chi connectivity index (χ0v) is 12.6. The summed E-state index contributed by atoms with van der Waals surface area (Å²) >= 11 is 0. The van der Waals surface area contributed by atoms with E-state index in [1.165, 1.54) is 11.1 Å². The van der Waals surface area contributed by atoms with Gasteiger partial charge in [-0.15, -0.1) is 0 Å². The highest BCUT2D eigenvalue weighted by Crippen LogP contribution is 2.32. The maximum atomic E-state index is 12.2. The number of rotatable bonds is 5. The Morgan fingerprint density at radius 3 is 2.80 bits per heavy atom. The van der Waals surface area contributed by atoms with Crippen molar-refractivity contribution in [2.45, 2.75) is 45.8 Å². The monoisotopic (exact) mass is 276 g/mol. The number of carbonyl (C=O) groups excluding carboxylic acids is 1. The minimum Gasteiger partial charge on any atom is -0.481 e. The Kier molecular flexibility index (Phi) is 4.65. The van der Waals surface area contributed by atoms with Gasteiger partial charge in [0.2, 0.25) is 0 Å². The standard InChI is InChI=1S/C16H24N2O2/c1-4-18(5-2)16(19)11(3)20-13-7-8-14-12(10-13)6-9-15(14)17/h7-8,10-11,15H,4-6,9,17H2,1-3H3. The van der Waals surface area contributed by atoms with Crippen LogP contribution in [0.25, 0.3) is 0 Å². The smallest absolute Gasteiger partial charge is 0.263 e. The van der Waals surface area contributed by atoms with E-state index in [0.29, 0.717) is 13.1 Å². The Bertz CT molecular complexity index is 483. The van der Waals surface area contributed by atoms with Gasteiger partial charge in [-0.05, 0) is 56.9 Å². The summed E-state index contributed by atoms with van der Waals surface area (Å²) in [5.74, 6) is 0.790. The summed E-state index contributed by atoms with van der Waals surface area (Å²) in [5, 5.41) is 0. The average molecular weight is 276 g/mol. The number of ether oxygens (including phenoxy) is 1. The third kappa shape index (κ3) is 2.96. The predicted octanol–water partition coefficient (Wildman–Crippen LogP) is 2.27. The molecule has 0 saturated carbocycles. The van der Waals surface area contributed by atoms with Crippen LogP contribution in [0, 0.1) is 0 Å². The number of hydrogen-bond acceptors (Lipinski definition) is 3. The normalized spacial score (nSPS) is 18.5. The summed E-state index contributed by atoms with van der Waals surface area (Å²) in [5.41, 5.74) is 8.48. The lowest BCUT2D eigenvalue weighted by Crippen LogP contribution is -2.40. The van der Waals surface area contributed by atoms with Crippen LogP contribution in [0.5, 0.6) is 5.75 Å². The number of hydrogen-bond donors (Lipinski definition) is 1. The molecule has 0 aliphatic heterocycles. The first kappa shape index (κ1) is 14.9. The number of fused-ring (bicyclic) bond motifs is 1. The fraction of sp³-hybridized carbons (Fsp3) is 0.562. The molecule has 1 aromatic carbocycles. The summed E-state index contributed by atoms with van der Waals surface area (Å²) in [6.45, 7) is 7.18. The van der Waals surface area contributed by atoms with E-state index in [1.54, 1.807) is 11.8 Å². The Morgan fingerprint density at radius 1 is 1.45 bits per heavy atom. The molecule has 0 radical (unpaired) electrons. The van der Waals surface area contributed by atoms with Gasteiger partial charge in [0.05, 0.1) is 0 Å². The van der Waals surface area contributed by atoms with Crippen LogP contribution in [0.3, 0.4) is 0 Å². The van der Waals surface area contributed by atoms with Crippen LogP contribution in [-0.2, 0) is 11.2 Å². The Balaban J connectivity index is 2.05. The molecular weight excluding hydrogens is 252 g/mol. The molecule has 0 spiro atoms. The summed E-state index contributed by atoms with van der Waals surface area (Å²) in [6.07, 6.45) is 1.53. The second kappa shape index (κ2) is 6.27. The number of nitrogens with two attached hydrogens (primary N) is 1. The first-order valence-corrected chi connectivity index (χ1v) is 7.40. The lowest BCUT2D eigenvalue weighted by Gasteiger charge is -2.23. The quantitative estimate of drug-likeness (QED) is 0.897. The molecule has 4 heteroatoms. The second-order valence-corrected chi connectivity index (χ2v) is 5.28. The van der Waals surface area contributed by atoms with Gasteiger partial charge in [0.1, 0.15) is 5.75 Å². The summed E-state index contributed by atoms with van der Waals surface area (Å²) in [4.78, 5) is 14.0. The van der Waals surface area contributed by atoms with E-state index < -0.39 is 6.10 Å². The van der Waals surface area contributed by atoms with E-state index >= 15 is 0 Å². The Morgan fingerprint density at radius 2 is 2.15 bits per heavy atom. The SMILES string of the molecule is CCN(CC)C(=O)C(C)Oc1ccc2c(c1)CCC2N. The lowest BCUT2D eigenvalue weighted by molar-refractivity contribution is -0.137. The minimum atomic E-state index is -0.456. The predicted molar refractivity (Wildman–Crippen MR) is 79.7 cm³/mol. The van der Waals surface area contributed by atoms with E-state index in [0.717, 1.165) is 18.6 Å². The van der Waals surface area contributed by atoms with Gasteiger partial charge in [-0.2, -0.15) is 0 Å². The highest BCUT2D eigenvalue weighted by Gasteiger charge is 2.22. The fourth-order valence-electron chi connectivity index (χ4n) is 2.75. The topological polar surface area (TPSA) is 55.6 Å². The van der Waals surface area contributed by atoms with Crippen molar-refractivity contribution in [2.24, 2.45) is 5.73 Å². The summed E-state index contributed by atoms with van der Waals surface area (Å²) in [7, 11) is 0.